The first-order valence-corrected chi connectivity index (χ1v) is 12.4. The molecule has 2 N–H and O–H groups in total. The quantitative estimate of drug-likeness (QED) is 0.595. The summed E-state index contributed by atoms with van der Waals surface area (Å²) in [6.07, 6.45) is 8.18. The number of nitrogens with one attached hydrogen (secondary N) is 1. The van der Waals surface area contributed by atoms with Gasteiger partial charge in [-0.05, 0) is 55.9 Å². The average molecular weight is 465 g/mol. The molecule has 3 fully saturated rings. The van der Waals surface area contributed by atoms with Crippen LogP contribution in [0.15, 0.2) is 30.6 Å². The van der Waals surface area contributed by atoms with Crippen LogP contribution in [0.4, 0.5) is 11.8 Å². The number of anilines is 2. The van der Waals surface area contributed by atoms with Crippen LogP contribution in [0.5, 0.6) is 0 Å². The second-order valence-electron chi connectivity index (χ2n) is 9.57. The third kappa shape index (κ3) is 4.35. The lowest BCUT2D eigenvalue weighted by molar-refractivity contribution is 0.121. The molecule has 0 aromatic carbocycles. The van der Waals surface area contributed by atoms with Crippen molar-refractivity contribution in [2.75, 3.05) is 49.7 Å². The molecule has 2 saturated heterocycles. The molecule has 0 unspecified atom stereocenters. The van der Waals surface area contributed by atoms with Crippen molar-refractivity contribution in [3.8, 4) is 11.1 Å². The summed E-state index contributed by atoms with van der Waals surface area (Å²) in [4.78, 5) is 11.6. The van der Waals surface area contributed by atoms with Crippen molar-refractivity contribution in [1.82, 2.24) is 19.6 Å². The van der Waals surface area contributed by atoms with Gasteiger partial charge >= 0.3 is 0 Å². The lowest BCUT2D eigenvalue weighted by Gasteiger charge is -2.28. The maximum atomic E-state index is 10.1. The number of pyridine rings is 1. The van der Waals surface area contributed by atoms with Gasteiger partial charge < -0.3 is 24.8 Å². The van der Waals surface area contributed by atoms with E-state index in [0.29, 0.717) is 18.5 Å². The van der Waals surface area contributed by atoms with Crippen LogP contribution in [0.2, 0.25) is 0 Å². The predicted octanol–water partition coefficient (Wildman–Crippen LogP) is 2.85. The first-order valence-electron chi connectivity index (χ1n) is 12.4. The fourth-order valence-electron chi connectivity index (χ4n) is 5.36. The standard InChI is InChI=1S/C25H32N6O3/c32-20-3-1-17(2-4-20)22-14-21(18-5-7-26-24(13-18)30-8-11-33-12-9-30)23-15-27-25(29-31(22)23)28-19-6-10-34-16-19/h5,7,13-15,17,19-20,32H,1-4,6,8-12,16H2,(H,28,29)/t17-,19-,20-/m1/s1. The number of aliphatic hydroxyl groups is 1. The van der Waals surface area contributed by atoms with E-state index in [2.05, 4.69) is 42.9 Å². The monoisotopic (exact) mass is 464 g/mol. The maximum absolute atomic E-state index is 10.1. The highest BCUT2D eigenvalue weighted by Crippen LogP contribution is 2.38. The normalized spacial score (nSPS) is 25.7. The van der Waals surface area contributed by atoms with E-state index in [0.717, 1.165) is 87.5 Å². The van der Waals surface area contributed by atoms with E-state index in [1.807, 2.05) is 12.4 Å². The van der Waals surface area contributed by atoms with Gasteiger partial charge in [-0.3, -0.25) is 0 Å². The molecule has 0 amide bonds. The average Bonchev–Trinajstić information content (AvgIpc) is 3.53. The third-order valence-electron chi connectivity index (χ3n) is 7.31. The molecule has 3 aromatic rings. The third-order valence-corrected chi connectivity index (χ3v) is 7.31. The molecule has 0 radical (unpaired) electrons. The van der Waals surface area contributed by atoms with E-state index in [1.54, 1.807) is 0 Å². The molecular formula is C25H32N6O3. The Hall–Kier alpha value is -2.75. The lowest BCUT2D eigenvalue weighted by atomic mass is 9.85. The highest BCUT2D eigenvalue weighted by Gasteiger charge is 2.26. The van der Waals surface area contributed by atoms with E-state index < -0.39 is 0 Å². The summed E-state index contributed by atoms with van der Waals surface area (Å²) in [6, 6.07) is 6.75. The molecule has 3 aromatic heterocycles. The zero-order valence-corrected chi connectivity index (χ0v) is 19.4. The SMILES string of the molecule is O[C@H]1CC[C@H](c2cc(-c3ccnc(N4CCOCC4)c3)c3cnc(N[C@@H]4CCOC4)nn32)CC1. The Morgan fingerprint density at radius 2 is 1.82 bits per heavy atom. The van der Waals surface area contributed by atoms with Crippen molar-refractivity contribution in [3.05, 3.63) is 36.3 Å². The largest absolute Gasteiger partial charge is 0.393 e. The summed E-state index contributed by atoms with van der Waals surface area (Å²) in [6.45, 7) is 4.63. The second-order valence-corrected chi connectivity index (χ2v) is 9.57. The number of hydrogen-bond donors (Lipinski definition) is 2. The van der Waals surface area contributed by atoms with Gasteiger partial charge in [-0.25, -0.2) is 14.5 Å². The van der Waals surface area contributed by atoms with Crippen LogP contribution in [0.25, 0.3) is 16.6 Å². The number of morpholine rings is 1. The smallest absolute Gasteiger partial charge is 0.241 e. The molecule has 0 spiro atoms. The molecule has 1 atom stereocenters. The minimum atomic E-state index is -0.188. The summed E-state index contributed by atoms with van der Waals surface area (Å²) < 4.78 is 13.1. The van der Waals surface area contributed by atoms with Crippen LogP contribution < -0.4 is 10.2 Å². The molecule has 5 heterocycles. The Labute approximate surface area is 199 Å². The fraction of sp³-hybridized carbons (Fsp3) is 0.560. The maximum Gasteiger partial charge on any atom is 0.241 e. The second kappa shape index (κ2) is 9.48. The summed E-state index contributed by atoms with van der Waals surface area (Å²) in [5, 5.41) is 18.4. The van der Waals surface area contributed by atoms with Crippen molar-refractivity contribution >= 4 is 17.3 Å². The predicted molar refractivity (Wildman–Crippen MR) is 129 cm³/mol. The van der Waals surface area contributed by atoms with Crippen molar-refractivity contribution in [2.45, 2.75) is 50.2 Å². The van der Waals surface area contributed by atoms with Crippen LogP contribution in [0.3, 0.4) is 0 Å². The molecule has 1 saturated carbocycles. The minimum Gasteiger partial charge on any atom is -0.393 e. The number of aliphatic hydroxyl groups excluding tert-OH is 1. The van der Waals surface area contributed by atoms with Gasteiger partial charge in [-0.2, -0.15) is 0 Å². The van der Waals surface area contributed by atoms with Crippen LogP contribution in [-0.2, 0) is 9.47 Å². The number of aromatic nitrogens is 4. The minimum absolute atomic E-state index is 0.188. The van der Waals surface area contributed by atoms with E-state index in [-0.39, 0.29) is 12.1 Å². The Morgan fingerprint density at radius 3 is 2.62 bits per heavy atom. The van der Waals surface area contributed by atoms with Crippen LogP contribution in [0.1, 0.15) is 43.7 Å². The molecule has 1 aliphatic carbocycles. The first-order chi connectivity index (χ1) is 16.7. The van der Waals surface area contributed by atoms with E-state index in [9.17, 15) is 5.11 Å². The van der Waals surface area contributed by atoms with Crippen LogP contribution >= 0.6 is 0 Å². The summed E-state index contributed by atoms with van der Waals surface area (Å²) in [5.41, 5.74) is 4.42. The molecule has 9 nitrogen and oxygen atoms in total. The lowest BCUT2D eigenvalue weighted by Crippen LogP contribution is -2.36. The van der Waals surface area contributed by atoms with Crippen LogP contribution in [-0.4, -0.2) is 76.4 Å². The molecule has 0 bridgehead atoms. The number of nitrogens with zero attached hydrogens (tertiary/aromatic N) is 5. The zero-order chi connectivity index (χ0) is 22.9. The number of hydrogen-bond acceptors (Lipinski definition) is 8. The molecule has 34 heavy (non-hydrogen) atoms. The Bertz CT molecular complexity index is 1130. The van der Waals surface area contributed by atoms with Gasteiger partial charge in [0.15, 0.2) is 0 Å². The Balaban J connectivity index is 1.39. The van der Waals surface area contributed by atoms with Crippen LogP contribution in [0, 0.1) is 0 Å². The van der Waals surface area contributed by atoms with Gasteiger partial charge in [-0.15, -0.1) is 5.10 Å². The first kappa shape index (κ1) is 21.8. The molecular weight excluding hydrogens is 432 g/mol. The van der Waals surface area contributed by atoms with Gasteiger partial charge in [0, 0.05) is 43.1 Å². The van der Waals surface area contributed by atoms with Gasteiger partial charge in [0.2, 0.25) is 5.95 Å². The van der Waals surface area contributed by atoms with Crippen molar-refractivity contribution < 1.29 is 14.6 Å². The van der Waals surface area contributed by atoms with Crippen molar-refractivity contribution in [1.29, 1.82) is 0 Å². The van der Waals surface area contributed by atoms with Gasteiger partial charge in [0.1, 0.15) is 5.82 Å². The van der Waals surface area contributed by atoms with E-state index >= 15 is 0 Å². The fourth-order valence-corrected chi connectivity index (χ4v) is 5.36. The topological polar surface area (TPSA) is 97.0 Å². The molecule has 180 valence electrons. The van der Waals surface area contributed by atoms with E-state index in [4.69, 9.17) is 14.6 Å². The Kier molecular flexibility index (Phi) is 6.07. The summed E-state index contributed by atoms with van der Waals surface area (Å²) in [5.74, 6) is 1.97. The number of rotatable bonds is 5. The Morgan fingerprint density at radius 1 is 0.971 bits per heavy atom. The molecule has 6 rings (SSSR count). The van der Waals surface area contributed by atoms with Crippen molar-refractivity contribution in [3.63, 3.8) is 0 Å². The summed E-state index contributed by atoms with van der Waals surface area (Å²) in [7, 11) is 0. The van der Waals surface area contributed by atoms with Gasteiger partial charge in [-0.1, -0.05) is 0 Å². The zero-order valence-electron chi connectivity index (χ0n) is 19.4. The highest BCUT2D eigenvalue weighted by molar-refractivity contribution is 5.82. The number of ether oxygens (including phenoxy) is 2. The van der Waals surface area contributed by atoms with Gasteiger partial charge in [0.05, 0.1) is 43.7 Å². The van der Waals surface area contributed by atoms with Gasteiger partial charge in [0.25, 0.3) is 0 Å². The summed E-state index contributed by atoms with van der Waals surface area (Å²) >= 11 is 0. The highest BCUT2D eigenvalue weighted by atomic mass is 16.5. The van der Waals surface area contributed by atoms with Crippen molar-refractivity contribution in [2.24, 2.45) is 0 Å². The molecule has 2 aliphatic heterocycles. The van der Waals surface area contributed by atoms with E-state index in [1.165, 1.54) is 5.69 Å². The molecule has 9 heteroatoms. The molecule has 3 aliphatic rings. The number of fused-ring (bicyclic) bond motifs is 1.